The van der Waals surface area contributed by atoms with E-state index in [-0.39, 0.29) is 23.3 Å². The highest BCUT2D eigenvalue weighted by Crippen LogP contribution is 2.26. The summed E-state index contributed by atoms with van der Waals surface area (Å²) < 4.78 is 13.1. The third kappa shape index (κ3) is 3.74. The summed E-state index contributed by atoms with van der Waals surface area (Å²) in [6, 6.07) is 13.3. The highest BCUT2D eigenvalue weighted by molar-refractivity contribution is 6.09. The van der Waals surface area contributed by atoms with Crippen molar-refractivity contribution in [3.05, 3.63) is 71.7 Å². The number of aliphatic carboxylic acids is 1. The van der Waals surface area contributed by atoms with Crippen molar-refractivity contribution in [1.29, 1.82) is 0 Å². The third-order valence-corrected chi connectivity index (χ3v) is 4.50. The van der Waals surface area contributed by atoms with Gasteiger partial charge in [-0.2, -0.15) is 0 Å². The van der Waals surface area contributed by atoms with Crippen LogP contribution >= 0.6 is 0 Å². The van der Waals surface area contributed by atoms with Gasteiger partial charge in [-0.15, -0.1) is 0 Å². The van der Waals surface area contributed by atoms with Gasteiger partial charge in [0.2, 0.25) is 0 Å². The Morgan fingerprint density at radius 3 is 2.52 bits per heavy atom. The SMILES string of the molecule is O=C(O)/C(=C/C(=O)c1ccc2[nH]c(-c3ccc(F)cc3)cc2c1)NC1CC1. The van der Waals surface area contributed by atoms with Gasteiger partial charge in [-0.05, 0) is 66.9 Å². The number of fused-ring (bicyclic) bond motifs is 1. The average molecular weight is 364 g/mol. The minimum absolute atomic E-state index is 0.0799. The summed E-state index contributed by atoms with van der Waals surface area (Å²) in [4.78, 5) is 27.0. The number of hydrogen-bond donors (Lipinski definition) is 3. The van der Waals surface area contributed by atoms with Crippen LogP contribution in [0.1, 0.15) is 23.2 Å². The number of nitrogens with one attached hydrogen (secondary N) is 2. The van der Waals surface area contributed by atoms with Crippen molar-refractivity contribution in [2.24, 2.45) is 0 Å². The number of ketones is 1. The minimum Gasteiger partial charge on any atom is -0.477 e. The van der Waals surface area contributed by atoms with Crippen molar-refractivity contribution in [3.8, 4) is 11.3 Å². The fourth-order valence-electron chi connectivity index (χ4n) is 2.90. The molecule has 2 aromatic carbocycles. The summed E-state index contributed by atoms with van der Waals surface area (Å²) in [5.74, 6) is -1.81. The smallest absolute Gasteiger partial charge is 0.352 e. The van der Waals surface area contributed by atoms with Crippen LogP contribution in [0.5, 0.6) is 0 Å². The number of benzene rings is 2. The second-order valence-corrected chi connectivity index (χ2v) is 6.64. The summed E-state index contributed by atoms with van der Waals surface area (Å²) in [6.45, 7) is 0. The van der Waals surface area contributed by atoms with Gasteiger partial charge in [-0.25, -0.2) is 9.18 Å². The maximum absolute atomic E-state index is 13.1. The van der Waals surface area contributed by atoms with E-state index in [1.807, 2.05) is 6.07 Å². The number of carboxylic acid groups (broad SMARTS) is 1. The lowest BCUT2D eigenvalue weighted by Crippen LogP contribution is -2.23. The Labute approximate surface area is 154 Å². The number of aromatic amines is 1. The maximum Gasteiger partial charge on any atom is 0.352 e. The number of aromatic nitrogens is 1. The zero-order valence-electron chi connectivity index (χ0n) is 14.3. The number of rotatable bonds is 6. The molecule has 3 N–H and O–H groups in total. The zero-order valence-corrected chi connectivity index (χ0v) is 14.3. The predicted octanol–water partition coefficient (Wildman–Crippen LogP) is 3.88. The van der Waals surface area contributed by atoms with Crippen LogP contribution in [0.4, 0.5) is 4.39 Å². The van der Waals surface area contributed by atoms with E-state index in [4.69, 9.17) is 0 Å². The molecule has 5 nitrogen and oxygen atoms in total. The van der Waals surface area contributed by atoms with E-state index in [2.05, 4.69) is 10.3 Å². The van der Waals surface area contributed by atoms with Crippen LogP contribution in [-0.4, -0.2) is 27.9 Å². The zero-order chi connectivity index (χ0) is 19.0. The second kappa shape index (κ2) is 6.72. The van der Waals surface area contributed by atoms with Crippen LogP contribution in [0.25, 0.3) is 22.2 Å². The van der Waals surface area contributed by atoms with Gasteiger partial charge in [0.1, 0.15) is 11.5 Å². The lowest BCUT2D eigenvalue weighted by molar-refractivity contribution is -0.133. The van der Waals surface area contributed by atoms with Crippen LogP contribution in [0.2, 0.25) is 0 Å². The Bertz CT molecular complexity index is 1060. The number of carbonyl (C=O) groups excluding carboxylic acids is 1. The molecule has 27 heavy (non-hydrogen) atoms. The summed E-state index contributed by atoms with van der Waals surface area (Å²) >= 11 is 0. The quantitative estimate of drug-likeness (QED) is 0.458. The van der Waals surface area contributed by atoms with Gasteiger partial charge in [0.15, 0.2) is 5.78 Å². The number of hydrogen-bond acceptors (Lipinski definition) is 3. The van der Waals surface area contributed by atoms with E-state index in [1.54, 1.807) is 30.3 Å². The first-order chi connectivity index (χ1) is 13.0. The molecule has 3 aromatic rings. The Kier molecular flexibility index (Phi) is 4.24. The number of halogens is 1. The molecule has 0 bridgehead atoms. The molecule has 0 aliphatic heterocycles. The molecule has 0 atom stereocenters. The fourth-order valence-corrected chi connectivity index (χ4v) is 2.90. The molecule has 1 heterocycles. The van der Waals surface area contributed by atoms with E-state index < -0.39 is 5.97 Å². The van der Waals surface area contributed by atoms with Crippen LogP contribution in [0.3, 0.4) is 0 Å². The molecular formula is C21H17FN2O3. The summed E-state index contributed by atoms with van der Waals surface area (Å²) in [7, 11) is 0. The number of carbonyl (C=O) groups is 2. The first-order valence-corrected chi connectivity index (χ1v) is 8.64. The maximum atomic E-state index is 13.1. The Morgan fingerprint density at radius 2 is 1.85 bits per heavy atom. The van der Waals surface area contributed by atoms with Crippen LogP contribution in [0, 0.1) is 5.82 Å². The lowest BCUT2D eigenvalue weighted by atomic mass is 10.1. The van der Waals surface area contributed by atoms with Gasteiger partial charge in [0.05, 0.1) is 0 Å². The molecule has 1 fully saturated rings. The van der Waals surface area contributed by atoms with E-state index in [0.717, 1.165) is 41.1 Å². The van der Waals surface area contributed by atoms with Crippen molar-refractivity contribution >= 4 is 22.7 Å². The van der Waals surface area contributed by atoms with Crippen LogP contribution in [-0.2, 0) is 4.79 Å². The van der Waals surface area contributed by atoms with E-state index >= 15 is 0 Å². The first-order valence-electron chi connectivity index (χ1n) is 8.64. The summed E-state index contributed by atoms with van der Waals surface area (Å²) in [5, 5.41) is 12.9. The highest BCUT2D eigenvalue weighted by atomic mass is 19.1. The normalized spacial score (nSPS) is 14.3. The Morgan fingerprint density at radius 1 is 1.11 bits per heavy atom. The van der Waals surface area contributed by atoms with E-state index in [0.29, 0.717) is 5.56 Å². The van der Waals surface area contributed by atoms with Crippen molar-refractivity contribution in [2.45, 2.75) is 18.9 Å². The standard InChI is InChI=1S/C21H17FN2O3/c22-15-4-1-12(2-5-15)18-10-14-9-13(3-8-17(14)24-18)20(25)11-19(21(26)27)23-16-6-7-16/h1-5,8-11,16,23-24H,6-7H2,(H,26,27)/b19-11-. The molecule has 1 aliphatic carbocycles. The van der Waals surface area contributed by atoms with Crippen molar-refractivity contribution in [3.63, 3.8) is 0 Å². The average Bonchev–Trinajstić information content (AvgIpc) is 3.36. The third-order valence-electron chi connectivity index (χ3n) is 4.50. The van der Waals surface area contributed by atoms with E-state index in [1.165, 1.54) is 12.1 Å². The Balaban J connectivity index is 1.63. The second-order valence-electron chi connectivity index (χ2n) is 6.64. The molecule has 6 heteroatoms. The number of carboxylic acids is 1. The van der Waals surface area contributed by atoms with Gasteiger partial charge < -0.3 is 15.4 Å². The van der Waals surface area contributed by atoms with Crippen molar-refractivity contribution in [2.75, 3.05) is 0 Å². The van der Waals surface area contributed by atoms with Gasteiger partial charge in [-0.3, -0.25) is 4.79 Å². The van der Waals surface area contributed by atoms with Crippen molar-refractivity contribution in [1.82, 2.24) is 10.3 Å². The van der Waals surface area contributed by atoms with Gasteiger partial charge >= 0.3 is 5.97 Å². The van der Waals surface area contributed by atoms with Gasteiger partial charge in [0, 0.05) is 34.3 Å². The van der Waals surface area contributed by atoms with Crippen LogP contribution < -0.4 is 5.32 Å². The van der Waals surface area contributed by atoms with E-state index in [9.17, 15) is 19.1 Å². The number of H-pyrrole nitrogens is 1. The molecule has 1 aliphatic rings. The minimum atomic E-state index is -1.14. The molecule has 1 aromatic heterocycles. The molecule has 0 amide bonds. The molecule has 136 valence electrons. The largest absolute Gasteiger partial charge is 0.477 e. The van der Waals surface area contributed by atoms with Crippen LogP contribution in [0.15, 0.2) is 60.3 Å². The summed E-state index contributed by atoms with van der Waals surface area (Å²) in [6.07, 6.45) is 2.97. The molecule has 0 radical (unpaired) electrons. The lowest BCUT2D eigenvalue weighted by Gasteiger charge is -2.04. The van der Waals surface area contributed by atoms with Gasteiger partial charge in [-0.1, -0.05) is 0 Å². The molecule has 0 spiro atoms. The molecule has 1 saturated carbocycles. The van der Waals surface area contributed by atoms with Crippen molar-refractivity contribution < 1.29 is 19.1 Å². The molecular weight excluding hydrogens is 347 g/mol. The summed E-state index contributed by atoms with van der Waals surface area (Å²) in [5.41, 5.74) is 2.81. The van der Waals surface area contributed by atoms with Gasteiger partial charge in [0.25, 0.3) is 0 Å². The fraction of sp³-hybridized carbons (Fsp3) is 0.143. The topological polar surface area (TPSA) is 82.2 Å². The number of allylic oxidation sites excluding steroid dienone is 1. The molecule has 0 unspecified atom stereocenters. The Hall–Kier alpha value is -3.41. The molecule has 0 saturated heterocycles. The first kappa shape index (κ1) is 17.0. The monoisotopic (exact) mass is 364 g/mol. The predicted molar refractivity (Wildman–Crippen MR) is 99.9 cm³/mol. The highest BCUT2D eigenvalue weighted by Gasteiger charge is 2.24. The molecule has 4 rings (SSSR count).